The van der Waals surface area contributed by atoms with Crippen molar-refractivity contribution in [2.75, 3.05) is 31.0 Å². The minimum absolute atomic E-state index is 0.00171. The number of fused-ring (bicyclic) bond motifs is 3. The average molecular weight is 462 g/mol. The maximum Gasteiger partial charge on any atom is 0.425 e. The quantitative estimate of drug-likeness (QED) is 0.732. The zero-order valence-electron chi connectivity index (χ0n) is 16.0. The molecule has 0 atom stereocenters. The fourth-order valence-corrected chi connectivity index (χ4v) is 4.79. The SMILES string of the molecule is O=C1OCCN1S(=O)(=O)Nc1cccc(Oc2ccc3c(c2)C2=NCCN2C=N3)c1Cl. The van der Waals surface area contributed by atoms with E-state index < -0.39 is 16.3 Å². The fraction of sp³-hybridized carbons (Fsp3) is 0.211. The van der Waals surface area contributed by atoms with Crippen LogP contribution in [0.25, 0.3) is 0 Å². The minimum Gasteiger partial charge on any atom is -0.456 e. The Morgan fingerprint density at radius 2 is 2.06 bits per heavy atom. The van der Waals surface area contributed by atoms with Gasteiger partial charge in [-0.25, -0.2) is 9.79 Å². The Morgan fingerprint density at radius 1 is 1.19 bits per heavy atom. The van der Waals surface area contributed by atoms with E-state index in [9.17, 15) is 13.2 Å². The third kappa shape index (κ3) is 3.55. The van der Waals surface area contributed by atoms with Crippen molar-refractivity contribution in [3.8, 4) is 11.5 Å². The van der Waals surface area contributed by atoms with Crippen molar-refractivity contribution in [3.05, 3.63) is 47.0 Å². The molecule has 3 aliphatic heterocycles. The van der Waals surface area contributed by atoms with Crippen molar-refractivity contribution in [1.82, 2.24) is 9.21 Å². The van der Waals surface area contributed by atoms with Gasteiger partial charge in [0.2, 0.25) is 0 Å². The topological polar surface area (TPSA) is 113 Å². The summed E-state index contributed by atoms with van der Waals surface area (Å²) < 4.78 is 38.5. The van der Waals surface area contributed by atoms with Crippen molar-refractivity contribution >= 4 is 51.5 Å². The van der Waals surface area contributed by atoms with Gasteiger partial charge in [-0.2, -0.15) is 12.7 Å². The normalized spacial score (nSPS) is 17.2. The lowest BCUT2D eigenvalue weighted by atomic mass is 10.1. The predicted octanol–water partition coefficient (Wildman–Crippen LogP) is 2.98. The maximum absolute atomic E-state index is 12.5. The largest absolute Gasteiger partial charge is 0.456 e. The van der Waals surface area contributed by atoms with Crippen LogP contribution in [0.2, 0.25) is 5.02 Å². The molecule has 31 heavy (non-hydrogen) atoms. The molecule has 1 N–H and O–H groups in total. The van der Waals surface area contributed by atoms with E-state index in [1.807, 2.05) is 17.0 Å². The van der Waals surface area contributed by atoms with Gasteiger partial charge in [0.1, 0.15) is 29.0 Å². The summed E-state index contributed by atoms with van der Waals surface area (Å²) in [4.78, 5) is 22.5. The number of benzene rings is 2. The van der Waals surface area contributed by atoms with E-state index >= 15 is 0 Å². The number of rotatable bonds is 5. The summed E-state index contributed by atoms with van der Waals surface area (Å²) in [5.74, 6) is 1.58. The fourth-order valence-electron chi connectivity index (χ4n) is 3.40. The number of hydrogen-bond acceptors (Lipinski definition) is 8. The maximum atomic E-state index is 12.5. The summed E-state index contributed by atoms with van der Waals surface area (Å²) in [5, 5.41) is 0.0502. The first-order valence-corrected chi connectivity index (χ1v) is 11.2. The molecule has 0 aliphatic carbocycles. The van der Waals surface area contributed by atoms with E-state index in [2.05, 4.69) is 19.4 Å². The van der Waals surface area contributed by atoms with E-state index in [0.717, 1.165) is 23.6 Å². The number of carbonyl (C=O) groups is 1. The van der Waals surface area contributed by atoms with Gasteiger partial charge in [-0.3, -0.25) is 9.71 Å². The van der Waals surface area contributed by atoms with Gasteiger partial charge in [0.25, 0.3) is 0 Å². The molecule has 10 nitrogen and oxygen atoms in total. The van der Waals surface area contributed by atoms with Crippen LogP contribution >= 0.6 is 11.6 Å². The number of hydrogen-bond donors (Lipinski definition) is 1. The number of halogens is 1. The van der Waals surface area contributed by atoms with Gasteiger partial charge >= 0.3 is 16.3 Å². The van der Waals surface area contributed by atoms with Crippen molar-refractivity contribution in [1.29, 1.82) is 0 Å². The van der Waals surface area contributed by atoms with E-state index in [-0.39, 0.29) is 29.6 Å². The Morgan fingerprint density at radius 3 is 2.87 bits per heavy atom. The Kier molecular flexibility index (Phi) is 4.71. The Bertz CT molecular complexity index is 1250. The average Bonchev–Trinajstić information content (AvgIpc) is 3.40. The smallest absolute Gasteiger partial charge is 0.425 e. The van der Waals surface area contributed by atoms with Crippen LogP contribution in [0.3, 0.4) is 0 Å². The molecular weight excluding hydrogens is 446 g/mol. The van der Waals surface area contributed by atoms with Crippen LogP contribution in [0.1, 0.15) is 5.56 Å². The van der Waals surface area contributed by atoms with E-state index in [4.69, 9.17) is 16.3 Å². The lowest BCUT2D eigenvalue weighted by Crippen LogP contribution is -2.36. The molecule has 0 unspecified atom stereocenters. The number of aliphatic imine (C=N–C) groups is 2. The molecule has 5 rings (SSSR count). The summed E-state index contributed by atoms with van der Waals surface area (Å²) in [6.45, 7) is 1.41. The third-order valence-corrected chi connectivity index (χ3v) is 6.64. The van der Waals surface area contributed by atoms with Crippen molar-refractivity contribution in [2.24, 2.45) is 9.98 Å². The monoisotopic (exact) mass is 461 g/mol. The van der Waals surface area contributed by atoms with Gasteiger partial charge in [0.05, 0.1) is 30.8 Å². The highest BCUT2D eigenvalue weighted by molar-refractivity contribution is 7.91. The number of anilines is 1. The van der Waals surface area contributed by atoms with E-state index in [1.54, 1.807) is 24.5 Å². The summed E-state index contributed by atoms with van der Waals surface area (Å²) >= 11 is 6.40. The van der Waals surface area contributed by atoms with Gasteiger partial charge in [0.15, 0.2) is 0 Å². The number of carbonyl (C=O) groups excluding carboxylic acids is 1. The zero-order valence-corrected chi connectivity index (χ0v) is 17.6. The second-order valence-electron chi connectivity index (χ2n) is 6.84. The van der Waals surface area contributed by atoms with Gasteiger partial charge in [-0.1, -0.05) is 17.7 Å². The molecule has 2 aromatic carbocycles. The van der Waals surface area contributed by atoms with Gasteiger partial charge < -0.3 is 14.4 Å². The summed E-state index contributed by atoms with van der Waals surface area (Å²) in [6.07, 6.45) is 0.828. The van der Waals surface area contributed by atoms with E-state index in [0.29, 0.717) is 16.6 Å². The molecule has 2 aromatic rings. The molecular formula is C19H16ClN5O5S. The molecule has 0 aromatic heterocycles. The van der Waals surface area contributed by atoms with Crippen LogP contribution in [0.15, 0.2) is 46.4 Å². The van der Waals surface area contributed by atoms with Crippen LogP contribution < -0.4 is 9.46 Å². The van der Waals surface area contributed by atoms with Gasteiger partial charge in [-0.15, -0.1) is 0 Å². The first-order valence-electron chi connectivity index (χ1n) is 9.36. The molecule has 12 heteroatoms. The highest BCUT2D eigenvalue weighted by Gasteiger charge is 2.34. The molecule has 1 amide bonds. The van der Waals surface area contributed by atoms with Crippen LogP contribution in [0.4, 0.5) is 16.2 Å². The second-order valence-corrected chi connectivity index (χ2v) is 8.81. The number of cyclic esters (lactones) is 1. The Hall–Kier alpha value is -3.31. The first kappa shape index (κ1) is 19.6. The Labute approximate surface area is 182 Å². The zero-order chi connectivity index (χ0) is 21.6. The molecule has 0 saturated carbocycles. The van der Waals surface area contributed by atoms with Crippen LogP contribution in [-0.2, 0) is 14.9 Å². The second kappa shape index (κ2) is 7.43. The molecule has 0 spiro atoms. The van der Waals surface area contributed by atoms with E-state index in [1.165, 1.54) is 6.07 Å². The summed E-state index contributed by atoms with van der Waals surface area (Å²) in [7, 11) is -4.16. The molecule has 0 radical (unpaired) electrons. The predicted molar refractivity (Wildman–Crippen MR) is 115 cm³/mol. The van der Waals surface area contributed by atoms with Gasteiger partial charge in [0, 0.05) is 12.1 Å². The third-order valence-electron chi connectivity index (χ3n) is 4.86. The number of nitrogens with one attached hydrogen (secondary N) is 1. The molecule has 0 bridgehead atoms. The molecule has 1 saturated heterocycles. The number of nitrogens with zero attached hydrogens (tertiary/aromatic N) is 4. The first-order chi connectivity index (χ1) is 14.9. The van der Waals surface area contributed by atoms with Crippen LogP contribution in [0, 0.1) is 0 Å². The Balaban J connectivity index is 1.41. The molecule has 3 heterocycles. The lowest BCUT2D eigenvalue weighted by Gasteiger charge is -2.21. The number of ether oxygens (including phenoxy) is 2. The standard InChI is InChI=1S/C19H16ClN5O5S/c20-17-15(23-31(27,28)25-8-9-29-19(25)26)2-1-3-16(17)30-12-4-5-14-13(10-12)18-21-6-7-24(18)11-22-14/h1-5,10-11,23H,6-9H2. The van der Waals surface area contributed by atoms with Crippen molar-refractivity contribution in [2.45, 2.75) is 0 Å². The van der Waals surface area contributed by atoms with Gasteiger partial charge in [-0.05, 0) is 30.3 Å². The highest BCUT2D eigenvalue weighted by Crippen LogP contribution is 2.38. The lowest BCUT2D eigenvalue weighted by molar-refractivity contribution is 0.170. The summed E-state index contributed by atoms with van der Waals surface area (Å²) in [5.41, 5.74) is 1.71. The van der Waals surface area contributed by atoms with Crippen LogP contribution in [0.5, 0.6) is 11.5 Å². The highest BCUT2D eigenvalue weighted by atomic mass is 35.5. The number of amidine groups is 1. The van der Waals surface area contributed by atoms with Crippen LogP contribution in [-0.4, -0.2) is 62.1 Å². The minimum atomic E-state index is -4.16. The molecule has 3 aliphatic rings. The van der Waals surface area contributed by atoms with Crippen molar-refractivity contribution < 1.29 is 22.7 Å². The molecule has 1 fully saturated rings. The number of amides is 1. The van der Waals surface area contributed by atoms with Crippen molar-refractivity contribution in [3.63, 3.8) is 0 Å². The molecule has 160 valence electrons. The summed E-state index contributed by atoms with van der Waals surface area (Å²) in [6, 6.07) is 10.1.